The lowest BCUT2D eigenvalue weighted by atomic mass is 9.92. The maximum atomic E-state index is 13.0. The Kier molecular flexibility index (Phi) is 2.85. The first-order valence-corrected chi connectivity index (χ1v) is 7.75. The fraction of sp³-hybridized carbons (Fsp3) is 0.316. The van der Waals surface area contributed by atoms with Crippen LogP contribution in [0.1, 0.15) is 31.2 Å². The molecule has 0 bridgehead atoms. The van der Waals surface area contributed by atoms with E-state index in [1.165, 1.54) is 24.0 Å². The quantitative estimate of drug-likeness (QED) is 0.805. The smallest absolute Gasteiger partial charge is 0.234 e. The lowest BCUT2D eigenvalue weighted by Crippen LogP contribution is -2.35. The molecule has 106 valence electrons. The van der Waals surface area contributed by atoms with Gasteiger partial charge in [-0.15, -0.1) is 0 Å². The van der Waals surface area contributed by atoms with E-state index in [0.717, 1.165) is 17.8 Å². The number of para-hydroxylation sites is 1. The zero-order valence-corrected chi connectivity index (χ0v) is 12.3. The SMILES string of the molecule is CC1C(=O)N(CC2CC2)c2ccccc2-c2ccccc21. The number of amides is 1. The number of anilines is 1. The minimum Gasteiger partial charge on any atom is -0.311 e. The van der Waals surface area contributed by atoms with Gasteiger partial charge < -0.3 is 4.90 Å². The molecule has 2 aromatic carbocycles. The molecule has 2 nitrogen and oxygen atoms in total. The molecule has 2 heteroatoms. The van der Waals surface area contributed by atoms with E-state index in [1.54, 1.807) is 0 Å². The van der Waals surface area contributed by atoms with Crippen LogP contribution >= 0.6 is 0 Å². The summed E-state index contributed by atoms with van der Waals surface area (Å²) in [5.74, 6) is 0.849. The van der Waals surface area contributed by atoms with Gasteiger partial charge in [-0.1, -0.05) is 42.5 Å². The van der Waals surface area contributed by atoms with Gasteiger partial charge in [0.2, 0.25) is 5.91 Å². The van der Waals surface area contributed by atoms with Crippen molar-refractivity contribution in [3.8, 4) is 11.1 Å². The Hall–Kier alpha value is -2.09. The Labute approximate surface area is 125 Å². The van der Waals surface area contributed by atoms with Crippen LogP contribution in [-0.2, 0) is 4.79 Å². The van der Waals surface area contributed by atoms with Crippen LogP contribution in [0.15, 0.2) is 48.5 Å². The Bertz CT molecular complexity index is 702. The number of rotatable bonds is 2. The molecule has 1 aliphatic heterocycles. The molecule has 0 aromatic heterocycles. The predicted octanol–water partition coefficient (Wildman–Crippen LogP) is 4.21. The molecule has 2 aliphatic rings. The summed E-state index contributed by atoms with van der Waals surface area (Å²) in [7, 11) is 0. The van der Waals surface area contributed by atoms with Gasteiger partial charge in [-0.3, -0.25) is 4.79 Å². The van der Waals surface area contributed by atoms with Crippen LogP contribution in [0, 0.1) is 5.92 Å². The molecule has 1 amide bonds. The third-order valence-corrected chi connectivity index (χ3v) is 4.69. The molecule has 1 fully saturated rings. The second-order valence-corrected chi connectivity index (χ2v) is 6.22. The van der Waals surface area contributed by atoms with E-state index in [1.807, 2.05) is 24.0 Å². The molecule has 0 saturated heterocycles. The first-order valence-electron chi connectivity index (χ1n) is 7.75. The number of nitrogens with zero attached hydrogens (tertiary/aromatic N) is 1. The summed E-state index contributed by atoms with van der Waals surface area (Å²) in [5, 5.41) is 0. The molecule has 21 heavy (non-hydrogen) atoms. The van der Waals surface area contributed by atoms with Crippen molar-refractivity contribution in [1.29, 1.82) is 0 Å². The minimum absolute atomic E-state index is 0.0765. The van der Waals surface area contributed by atoms with Crippen molar-refractivity contribution in [2.45, 2.75) is 25.7 Å². The first-order chi connectivity index (χ1) is 10.3. The van der Waals surface area contributed by atoms with Crippen LogP contribution in [0.2, 0.25) is 0 Å². The zero-order valence-electron chi connectivity index (χ0n) is 12.3. The van der Waals surface area contributed by atoms with E-state index in [9.17, 15) is 4.79 Å². The minimum atomic E-state index is -0.0765. The van der Waals surface area contributed by atoms with Gasteiger partial charge in [-0.25, -0.2) is 0 Å². The van der Waals surface area contributed by atoms with Crippen molar-refractivity contribution in [2.24, 2.45) is 5.92 Å². The van der Waals surface area contributed by atoms with E-state index in [0.29, 0.717) is 5.92 Å². The second kappa shape index (κ2) is 4.73. The lowest BCUT2D eigenvalue weighted by molar-refractivity contribution is -0.119. The zero-order chi connectivity index (χ0) is 14.4. The summed E-state index contributed by atoms with van der Waals surface area (Å²) >= 11 is 0. The van der Waals surface area contributed by atoms with Gasteiger partial charge in [-0.05, 0) is 42.9 Å². The molecular formula is C19H19NO. The van der Waals surface area contributed by atoms with Crippen molar-refractivity contribution in [1.82, 2.24) is 0 Å². The summed E-state index contributed by atoms with van der Waals surface area (Å²) in [4.78, 5) is 15.0. The fourth-order valence-corrected chi connectivity index (χ4v) is 3.29. The molecule has 0 radical (unpaired) electrons. The normalized spacial score (nSPS) is 20.7. The fourth-order valence-electron chi connectivity index (χ4n) is 3.29. The van der Waals surface area contributed by atoms with E-state index in [-0.39, 0.29) is 11.8 Å². The lowest BCUT2D eigenvalue weighted by Gasteiger charge is -2.24. The highest BCUT2D eigenvalue weighted by Gasteiger charge is 2.34. The van der Waals surface area contributed by atoms with E-state index >= 15 is 0 Å². The summed E-state index contributed by atoms with van der Waals surface area (Å²) < 4.78 is 0. The molecule has 1 aliphatic carbocycles. The molecule has 2 aromatic rings. The Balaban J connectivity index is 1.92. The maximum Gasteiger partial charge on any atom is 0.234 e. The highest BCUT2D eigenvalue weighted by atomic mass is 16.2. The van der Waals surface area contributed by atoms with Crippen molar-refractivity contribution in [2.75, 3.05) is 11.4 Å². The number of fused-ring (bicyclic) bond motifs is 3. The molecule has 1 atom stereocenters. The number of carbonyl (C=O) groups excluding carboxylic acids is 1. The van der Waals surface area contributed by atoms with Gasteiger partial charge in [-0.2, -0.15) is 0 Å². The Morgan fingerprint density at radius 1 is 1.00 bits per heavy atom. The number of benzene rings is 2. The van der Waals surface area contributed by atoms with Gasteiger partial charge in [0.15, 0.2) is 0 Å². The average Bonchev–Trinajstić information content (AvgIpc) is 3.35. The van der Waals surface area contributed by atoms with Crippen LogP contribution in [0.4, 0.5) is 5.69 Å². The van der Waals surface area contributed by atoms with Crippen molar-refractivity contribution < 1.29 is 4.79 Å². The van der Waals surface area contributed by atoms with Crippen molar-refractivity contribution in [3.05, 3.63) is 54.1 Å². The molecule has 1 heterocycles. The molecular weight excluding hydrogens is 258 g/mol. The summed E-state index contributed by atoms with van der Waals surface area (Å²) in [6, 6.07) is 16.6. The largest absolute Gasteiger partial charge is 0.311 e. The average molecular weight is 277 g/mol. The van der Waals surface area contributed by atoms with Gasteiger partial charge >= 0.3 is 0 Å². The Morgan fingerprint density at radius 2 is 1.67 bits per heavy atom. The van der Waals surface area contributed by atoms with E-state index in [4.69, 9.17) is 0 Å². The highest BCUT2D eigenvalue weighted by Crippen LogP contribution is 2.42. The van der Waals surface area contributed by atoms with Crippen molar-refractivity contribution >= 4 is 11.6 Å². The predicted molar refractivity (Wildman–Crippen MR) is 85.4 cm³/mol. The monoisotopic (exact) mass is 277 g/mol. The molecule has 0 N–H and O–H groups in total. The van der Waals surface area contributed by atoms with Crippen LogP contribution in [0.25, 0.3) is 11.1 Å². The van der Waals surface area contributed by atoms with Crippen molar-refractivity contribution in [3.63, 3.8) is 0 Å². The first kappa shape index (κ1) is 12.6. The number of hydrogen-bond acceptors (Lipinski definition) is 1. The van der Waals surface area contributed by atoms with Crippen LogP contribution in [-0.4, -0.2) is 12.5 Å². The molecule has 1 saturated carbocycles. The third-order valence-electron chi connectivity index (χ3n) is 4.69. The van der Waals surface area contributed by atoms with E-state index < -0.39 is 0 Å². The van der Waals surface area contributed by atoms with Crippen LogP contribution in [0.3, 0.4) is 0 Å². The number of carbonyl (C=O) groups is 1. The van der Waals surface area contributed by atoms with Crippen LogP contribution < -0.4 is 4.90 Å². The highest BCUT2D eigenvalue weighted by molar-refractivity contribution is 6.05. The van der Waals surface area contributed by atoms with Gasteiger partial charge in [0, 0.05) is 12.1 Å². The third kappa shape index (κ3) is 2.06. The summed E-state index contributed by atoms with van der Waals surface area (Å²) in [6.45, 7) is 2.90. The van der Waals surface area contributed by atoms with Gasteiger partial charge in [0.25, 0.3) is 0 Å². The summed E-state index contributed by atoms with van der Waals surface area (Å²) in [6.07, 6.45) is 2.51. The molecule has 1 unspecified atom stereocenters. The number of hydrogen-bond donors (Lipinski definition) is 0. The van der Waals surface area contributed by atoms with E-state index in [2.05, 4.69) is 36.4 Å². The second-order valence-electron chi connectivity index (χ2n) is 6.22. The standard InChI is InChI=1S/C19H19NO/c1-13-15-6-2-3-7-16(15)17-8-4-5-9-18(17)20(19(13)21)12-14-10-11-14/h2-9,13-14H,10-12H2,1H3. The van der Waals surface area contributed by atoms with Gasteiger partial charge in [0.05, 0.1) is 11.6 Å². The maximum absolute atomic E-state index is 13.0. The van der Waals surface area contributed by atoms with Crippen LogP contribution in [0.5, 0.6) is 0 Å². The summed E-state index contributed by atoms with van der Waals surface area (Å²) in [5.41, 5.74) is 4.61. The molecule has 0 spiro atoms. The topological polar surface area (TPSA) is 20.3 Å². The molecule has 4 rings (SSSR count). The Morgan fingerprint density at radius 3 is 2.43 bits per heavy atom. The van der Waals surface area contributed by atoms with Gasteiger partial charge in [0.1, 0.15) is 0 Å².